The van der Waals surface area contributed by atoms with Gasteiger partial charge in [-0.05, 0) is 38.0 Å². The molecule has 1 saturated heterocycles. The van der Waals surface area contributed by atoms with Crippen LogP contribution in [0.3, 0.4) is 0 Å². The number of carbonyl (C=O) groups is 1. The number of aliphatic imine (C=N–C) groups is 1. The highest BCUT2D eigenvalue weighted by Gasteiger charge is 2.26. The number of hydrogen-bond acceptors (Lipinski definition) is 3. The van der Waals surface area contributed by atoms with Crippen LogP contribution in [0.1, 0.15) is 65.2 Å². The van der Waals surface area contributed by atoms with Gasteiger partial charge in [0.05, 0.1) is 6.61 Å². The molecule has 2 fully saturated rings. The fourth-order valence-corrected chi connectivity index (χ4v) is 3.69. The van der Waals surface area contributed by atoms with Crippen LogP contribution in [-0.4, -0.2) is 49.2 Å². The van der Waals surface area contributed by atoms with E-state index in [2.05, 4.69) is 17.2 Å². The average Bonchev–Trinajstić information content (AvgIpc) is 2.79. The molecule has 0 aromatic rings. The molecular formula is C18H34N4O2. The van der Waals surface area contributed by atoms with Crippen molar-refractivity contribution in [1.29, 1.82) is 0 Å². The van der Waals surface area contributed by atoms with Crippen molar-refractivity contribution in [1.82, 2.24) is 10.2 Å². The molecule has 24 heavy (non-hydrogen) atoms. The van der Waals surface area contributed by atoms with Crippen LogP contribution in [0.25, 0.3) is 0 Å². The minimum Gasteiger partial charge on any atom is -0.450 e. The van der Waals surface area contributed by atoms with Crippen LogP contribution in [0.2, 0.25) is 0 Å². The van der Waals surface area contributed by atoms with Gasteiger partial charge in [-0.25, -0.2) is 4.79 Å². The number of piperidine rings is 1. The Morgan fingerprint density at radius 3 is 2.46 bits per heavy atom. The van der Waals surface area contributed by atoms with Gasteiger partial charge in [0, 0.05) is 25.7 Å². The second-order valence-electron chi connectivity index (χ2n) is 7.53. The Labute approximate surface area is 146 Å². The Morgan fingerprint density at radius 2 is 1.88 bits per heavy atom. The number of carbonyl (C=O) groups excluding carboxylic acids is 1. The Bertz CT molecular complexity index is 423. The number of nitrogens with zero attached hydrogens (tertiary/aromatic N) is 2. The highest BCUT2D eigenvalue weighted by Crippen LogP contribution is 2.34. The predicted molar refractivity (Wildman–Crippen MR) is 97.1 cm³/mol. The lowest BCUT2D eigenvalue weighted by molar-refractivity contribution is 0.0963. The molecule has 1 saturated carbocycles. The fraction of sp³-hybridized carbons (Fsp3) is 0.889. The zero-order chi connectivity index (χ0) is 17.4. The van der Waals surface area contributed by atoms with Crippen LogP contribution >= 0.6 is 0 Å². The molecule has 6 nitrogen and oxygen atoms in total. The Hall–Kier alpha value is -1.46. The van der Waals surface area contributed by atoms with Crippen LogP contribution in [0.15, 0.2) is 4.99 Å². The SMILES string of the molecule is CCOC(=O)N1CCC(NC(N)=NCC2(C)CCCCCC2)CC1. The molecule has 0 radical (unpaired) electrons. The summed E-state index contributed by atoms with van der Waals surface area (Å²) in [7, 11) is 0. The van der Waals surface area contributed by atoms with E-state index in [1.165, 1.54) is 38.5 Å². The van der Waals surface area contributed by atoms with Gasteiger partial charge in [-0.1, -0.05) is 32.6 Å². The molecular weight excluding hydrogens is 304 g/mol. The molecule has 6 heteroatoms. The van der Waals surface area contributed by atoms with E-state index in [-0.39, 0.29) is 6.09 Å². The van der Waals surface area contributed by atoms with E-state index < -0.39 is 0 Å². The first-order valence-corrected chi connectivity index (χ1v) is 9.50. The lowest BCUT2D eigenvalue weighted by Crippen LogP contribution is -2.48. The molecule has 1 amide bonds. The summed E-state index contributed by atoms with van der Waals surface area (Å²) in [6.45, 7) is 6.83. The largest absolute Gasteiger partial charge is 0.450 e. The van der Waals surface area contributed by atoms with E-state index in [4.69, 9.17) is 10.5 Å². The molecule has 1 heterocycles. The van der Waals surface area contributed by atoms with Gasteiger partial charge in [0.2, 0.25) is 0 Å². The van der Waals surface area contributed by atoms with Crippen LogP contribution in [-0.2, 0) is 4.74 Å². The summed E-state index contributed by atoms with van der Waals surface area (Å²) in [6.07, 6.45) is 9.39. The summed E-state index contributed by atoms with van der Waals surface area (Å²) < 4.78 is 5.04. The van der Waals surface area contributed by atoms with Crippen LogP contribution in [0, 0.1) is 5.41 Å². The minimum absolute atomic E-state index is 0.209. The summed E-state index contributed by atoms with van der Waals surface area (Å²) in [4.78, 5) is 18.1. The van der Waals surface area contributed by atoms with Gasteiger partial charge < -0.3 is 20.7 Å². The van der Waals surface area contributed by atoms with Crippen molar-refractivity contribution >= 4 is 12.1 Å². The molecule has 1 aliphatic heterocycles. The van der Waals surface area contributed by atoms with Crippen molar-refractivity contribution in [2.45, 2.75) is 71.3 Å². The summed E-state index contributed by atoms with van der Waals surface area (Å²) in [5.74, 6) is 0.551. The van der Waals surface area contributed by atoms with Gasteiger partial charge in [-0.2, -0.15) is 0 Å². The number of ether oxygens (including phenoxy) is 1. The van der Waals surface area contributed by atoms with Crippen molar-refractivity contribution < 1.29 is 9.53 Å². The Balaban J connectivity index is 1.74. The lowest BCUT2D eigenvalue weighted by atomic mass is 9.83. The third kappa shape index (κ3) is 5.87. The van der Waals surface area contributed by atoms with Crippen LogP contribution in [0.4, 0.5) is 4.79 Å². The number of amides is 1. The smallest absolute Gasteiger partial charge is 0.409 e. The summed E-state index contributed by atoms with van der Waals surface area (Å²) in [5.41, 5.74) is 6.40. The van der Waals surface area contributed by atoms with Gasteiger partial charge >= 0.3 is 6.09 Å². The van der Waals surface area contributed by atoms with Crippen LogP contribution < -0.4 is 11.1 Å². The maximum Gasteiger partial charge on any atom is 0.409 e. The van der Waals surface area contributed by atoms with Crippen molar-refractivity contribution in [3.63, 3.8) is 0 Å². The maximum atomic E-state index is 11.7. The summed E-state index contributed by atoms with van der Waals surface area (Å²) in [5, 5.41) is 3.33. The number of nitrogens with one attached hydrogen (secondary N) is 1. The van der Waals surface area contributed by atoms with Crippen LogP contribution in [0.5, 0.6) is 0 Å². The van der Waals surface area contributed by atoms with E-state index in [0.29, 0.717) is 37.1 Å². The number of nitrogens with two attached hydrogens (primary N) is 1. The molecule has 0 spiro atoms. The van der Waals surface area contributed by atoms with Gasteiger partial charge in [-0.3, -0.25) is 4.99 Å². The Morgan fingerprint density at radius 1 is 1.25 bits per heavy atom. The Kier molecular flexibility index (Phi) is 7.18. The maximum absolute atomic E-state index is 11.7. The van der Waals surface area contributed by atoms with Crippen molar-refractivity contribution in [2.75, 3.05) is 26.2 Å². The van der Waals surface area contributed by atoms with E-state index in [1.807, 2.05) is 6.92 Å². The first-order chi connectivity index (χ1) is 11.5. The molecule has 2 rings (SSSR count). The first-order valence-electron chi connectivity index (χ1n) is 9.50. The topological polar surface area (TPSA) is 80.0 Å². The second-order valence-corrected chi connectivity index (χ2v) is 7.53. The number of hydrogen-bond donors (Lipinski definition) is 2. The average molecular weight is 338 g/mol. The van der Waals surface area contributed by atoms with E-state index in [0.717, 1.165) is 19.4 Å². The highest BCUT2D eigenvalue weighted by molar-refractivity contribution is 5.78. The molecule has 0 aromatic carbocycles. The zero-order valence-electron chi connectivity index (χ0n) is 15.4. The van der Waals surface area contributed by atoms with Crippen molar-refractivity contribution in [2.24, 2.45) is 16.1 Å². The second kappa shape index (κ2) is 9.14. The monoisotopic (exact) mass is 338 g/mol. The van der Waals surface area contributed by atoms with Crippen molar-refractivity contribution in [3.8, 4) is 0 Å². The number of likely N-dealkylation sites (tertiary alicyclic amines) is 1. The molecule has 1 aliphatic carbocycles. The normalized spacial score (nSPS) is 22.8. The van der Waals surface area contributed by atoms with Gasteiger partial charge in [0.15, 0.2) is 5.96 Å². The molecule has 0 unspecified atom stereocenters. The molecule has 0 atom stereocenters. The third-order valence-electron chi connectivity index (χ3n) is 5.31. The highest BCUT2D eigenvalue weighted by atomic mass is 16.6. The van der Waals surface area contributed by atoms with Gasteiger partial charge in [0.25, 0.3) is 0 Å². The summed E-state index contributed by atoms with van der Waals surface area (Å²) in [6, 6.07) is 0.293. The molecule has 2 aliphatic rings. The standard InChI is InChI=1S/C18H34N4O2/c1-3-24-17(23)22-12-8-15(9-13-22)21-16(19)20-14-18(2)10-6-4-5-7-11-18/h15H,3-14H2,1-2H3,(H3,19,20,21). The van der Waals surface area contributed by atoms with Gasteiger partial charge in [0.1, 0.15) is 0 Å². The quantitative estimate of drug-likeness (QED) is 0.469. The third-order valence-corrected chi connectivity index (χ3v) is 5.31. The first kappa shape index (κ1) is 18.9. The molecule has 138 valence electrons. The molecule has 0 aromatic heterocycles. The fourth-order valence-electron chi connectivity index (χ4n) is 3.69. The number of guanidine groups is 1. The number of rotatable bonds is 4. The molecule has 0 bridgehead atoms. The van der Waals surface area contributed by atoms with E-state index >= 15 is 0 Å². The lowest BCUT2D eigenvalue weighted by Gasteiger charge is -2.32. The molecule has 3 N–H and O–H groups in total. The van der Waals surface area contributed by atoms with Crippen molar-refractivity contribution in [3.05, 3.63) is 0 Å². The summed E-state index contributed by atoms with van der Waals surface area (Å²) >= 11 is 0. The van der Waals surface area contributed by atoms with E-state index in [9.17, 15) is 4.79 Å². The van der Waals surface area contributed by atoms with E-state index in [1.54, 1.807) is 4.90 Å². The van der Waals surface area contributed by atoms with Gasteiger partial charge in [-0.15, -0.1) is 0 Å². The predicted octanol–water partition coefficient (Wildman–Crippen LogP) is 2.87. The zero-order valence-corrected chi connectivity index (χ0v) is 15.4. The minimum atomic E-state index is -0.209.